The standard InChI is InChI=1S/2C32H18N8O3S.Rh/c2*41-44(42,43)23-15-7-14-22-24(23)32-39-30-21-13-6-5-12-20(21)28(37-30)35-26-17-9-2-1-8-16(17)25(33-26)34-27-18-10-3-4-11-19(18)29(36-27)38-31(22)40-32;/h2*1-15H,(H,41,42,43)(H2,33,34,35,36,37,38,39,40);/q;;+2/p-2. The molecule has 18 rings (SSSR count). The van der Waals surface area contributed by atoms with E-state index in [4.69, 9.17) is 59.8 Å². The summed E-state index contributed by atoms with van der Waals surface area (Å²) in [6, 6.07) is 54.7. The maximum absolute atomic E-state index is 12.4. The number of H-pyrrole nitrogens is 4. The molecule has 0 fully saturated rings. The number of aromatic amines is 4. The Hall–Kier alpha value is -11.1. The summed E-state index contributed by atoms with van der Waals surface area (Å²) in [5, 5.41) is 4.49. The molecule has 4 aliphatic rings. The predicted molar refractivity (Wildman–Crippen MR) is 328 cm³/mol. The molecule has 16 bridgehead atoms. The summed E-state index contributed by atoms with van der Waals surface area (Å²) in [7, 11) is -9.73. The van der Waals surface area contributed by atoms with Crippen molar-refractivity contribution >= 4 is 109 Å². The van der Waals surface area contributed by atoms with Crippen molar-refractivity contribution in [1.29, 1.82) is 0 Å². The van der Waals surface area contributed by atoms with E-state index in [2.05, 4.69) is 19.9 Å². The van der Waals surface area contributed by atoms with Gasteiger partial charge >= 0.3 is 19.5 Å². The Labute approximate surface area is 513 Å². The topological polar surface area (TPSA) is 332 Å². The molecular weight excluding hydrogens is 1260 g/mol. The van der Waals surface area contributed by atoms with Crippen molar-refractivity contribution in [3.05, 3.63) is 182 Å². The van der Waals surface area contributed by atoms with Gasteiger partial charge in [0.05, 0.1) is 9.79 Å². The second kappa shape index (κ2) is 20.0. The largest absolute Gasteiger partial charge is 2.00 e. The average Bonchev–Trinajstić information content (AvgIpc) is 1.68. The molecule has 25 heteroatoms. The fourth-order valence-corrected chi connectivity index (χ4v) is 13.1. The van der Waals surface area contributed by atoms with E-state index in [1.165, 1.54) is 24.3 Å². The van der Waals surface area contributed by atoms with Crippen molar-refractivity contribution in [2.45, 2.75) is 9.79 Å². The average molecular weight is 1290 g/mol. The minimum Gasteiger partial charge on any atom is -0.744 e. The van der Waals surface area contributed by atoms with Crippen LogP contribution in [0.2, 0.25) is 0 Å². The molecule has 4 aliphatic heterocycles. The van der Waals surface area contributed by atoms with Crippen LogP contribution < -0.4 is 0 Å². The SMILES string of the molecule is O=S(=O)([O-])c1cccc2c3nc4nc(nc5[nH]c(nc6nc(nc([nH]3)c12)-c1ccccc1-6)c1ccccc51)-c1ccccc1-4.O=S(=O)([O-])c1cccc2c3nc4nc(nc5[nH]c(nc6nc(nc([nH]3)c12)-c1ccccc1-6)c1ccccc51)-c1ccccc1-4.[Rh+2]. The fourth-order valence-electron chi connectivity index (χ4n) is 11.7. The van der Waals surface area contributed by atoms with Crippen molar-refractivity contribution in [2.24, 2.45) is 0 Å². The third-order valence-electron chi connectivity index (χ3n) is 15.6. The molecule has 0 atom stereocenters. The molecule has 0 spiro atoms. The molecule has 6 aromatic heterocycles. The first-order valence-electron chi connectivity index (χ1n) is 27.2. The molecule has 0 saturated heterocycles. The number of hydrogen-bond acceptors (Lipinski definition) is 18. The third kappa shape index (κ3) is 8.69. The number of nitrogens with zero attached hydrogens (tertiary/aromatic N) is 12. The third-order valence-corrected chi connectivity index (χ3v) is 17.4. The van der Waals surface area contributed by atoms with Crippen LogP contribution in [-0.4, -0.2) is 106 Å². The molecule has 0 amide bonds. The first kappa shape index (κ1) is 53.4. The Morgan fingerprint density at radius 2 is 0.427 bits per heavy atom. The van der Waals surface area contributed by atoms with Gasteiger partial charge in [-0.25, -0.2) is 76.6 Å². The van der Waals surface area contributed by atoms with E-state index in [1.807, 2.05) is 146 Å². The van der Waals surface area contributed by atoms with Gasteiger partial charge in [0.2, 0.25) is 0 Å². The van der Waals surface area contributed by atoms with Crippen LogP contribution in [-0.2, 0) is 39.7 Å². The summed E-state index contributed by atoms with van der Waals surface area (Å²) in [6.07, 6.45) is 0. The molecule has 1 radical (unpaired) electrons. The fraction of sp³-hybridized carbons (Fsp3) is 0. The van der Waals surface area contributed by atoms with Gasteiger partial charge in [0.15, 0.2) is 46.6 Å². The van der Waals surface area contributed by atoms with E-state index in [0.29, 0.717) is 102 Å². The Bertz CT molecular complexity index is 5690. The second-order valence-corrected chi connectivity index (χ2v) is 23.5. The molecule has 22 nitrogen and oxygen atoms in total. The number of fused-ring (bicyclic) bond motifs is 40. The van der Waals surface area contributed by atoms with Gasteiger partial charge in [-0.1, -0.05) is 170 Å². The number of nitrogens with one attached hydrogen (secondary N) is 4. The minimum absolute atomic E-state index is 0. The van der Waals surface area contributed by atoms with Gasteiger partial charge in [0, 0.05) is 87.6 Å². The quantitative estimate of drug-likeness (QED) is 0.0922. The van der Waals surface area contributed by atoms with Gasteiger partial charge in [-0.05, 0) is 12.1 Å². The number of rotatable bonds is 2. The zero-order chi connectivity index (χ0) is 59.2. The van der Waals surface area contributed by atoms with Crippen LogP contribution >= 0.6 is 0 Å². The summed E-state index contributed by atoms with van der Waals surface area (Å²) in [5.74, 6) is 3.09. The number of aromatic nitrogens is 16. The van der Waals surface area contributed by atoms with Crippen molar-refractivity contribution < 1.29 is 45.4 Å². The summed E-state index contributed by atoms with van der Waals surface area (Å²) in [6.45, 7) is 0. The maximum atomic E-state index is 12.4. The summed E-state index contributed by atoms with van der Waals surface area (Å²) < 4.78 is 74.5. The van der Waals surface area contributed by atoms with Crippen LogP contribution in [0.5, 0.6) is 0 Å². The Kier molecular flexibility index (Phi) is 12.0. The number of hydrogen-bond donors (Lipinski definition) is 4. The first-order chi connectivity index (χ1) is 42.8. The zero-order valence-electron chi connectivity index (χ0n) is 45.3. The normalized spacial score (nSPS) is 12.2. The van der Waals surface area contributed by atoms with E-state index in [1.54, 1.807) is 12.1 Å². The smallest absolute Gasteiger partial charge is 0.744 e. The Balaban J connectivity index is 0.000000141. The van der Waals surface area contributed by atoms with E-state index >= 15 is 0 Å². The zero-order valence-corrected chi connectivity index (χ0v) is 48.6. The maximum Gasteiger partial charge on any atom is 2.00 e. The van der Waals surface area contributed by atoms with Crippen LogP contribution in [0.3, 0.4) is 0 Å². The van der Waals surface area contributed by atoms with Crippen molar-refractivity contribution in [2.75, 3.05) is 0 Å². The van der Waals surface area contributed by atoms with Gasteiger partial charge in [0.1, 0.15) is 65.4 Å². The Morgan fingerprint density at radius 3 is 0.663 bits per heavy atom. The van der Waals surface area contributed by atoms with E-state index in [0.717, 1.165) is 54.9 Å². The number of benzene rings is 8. The van der Waals surface area contributed by atoms with Crippen molar-refractivity contribution in [3.63, 3.8) is 0 Å². The molecule has 427 valence electrons. The van der Waals surface area contributed by atoms with Crippen LogP contribution in [0.15, 0.2) is 192 Å². The van der Waals surface area contributed by atoms with Crippen LogP contribution in [0.25, 0.3) is 179 Å². The monoisotopic (exact) mass is 1290 g/mol. The van der Waals surface area contributed by atoms with Gasteiger partial charge in [0.25, 0.3) is 0 Å². The van der Waals surface area contributed by atoms with Crippen LogP contribution in [0.1, 0.15) is 0 Å². The van der Waals surface area contributed by atoms with Crippen molar-refractivity contribution in [3.8, 4) is 91.1 Å². The second-order valence-electron chi connectivity index (χ2n) is 20.8. The minimum atomic E-state index is -4.87. The summed E-state index contributed by atoms with van der Waals surface area (Å²) in [4.78, 5) is 70.4. The molecule has 8 aromatic carbocycles. The molecule has 14 aromatic rings. The van der Waals surface area contributed by atoms with E-state index in [9.17, 15) is 25.9 Å². The predicted octanol–water partition coefficient (Wildman–Crippen LogP) is 11.5. The molecule has 0 unspecified atom stereocenters. The molecular formula is C64H34N16O6RhS2. The van der Waals surface area contributed by atoms with Gasteiger partial charge in [-0.3, -0.25) is 0 Å². The van der Waals surface area contributed by atoms with E-state index in [-0.39, 0.29) is 41.5 Å². The van der Waals surface area contributed by atoms with Crippen LogP contribution in [0, 0.1) is 0 Å². The molecule has 4 N–H and O–H groups in total. The molecule has 89 heavy (non-hydrogen) atoms. The van der Waals surface area contributed by atoms with Gasteiger partial charge in [-0.15, -0.1) is 0 Å². The molecule has 10 heterocycles. The molecule has 0 aliphatic carbocycles. The van der Waals surface area contributed by atoms with Crippen molar-refractivity contribution in [1.82, 2.24) is 79.7 Å². The van der Waals surface area contributed by atoms with Gasteiger partial charge < -0.3 is 29.0 Å². The van der Waals surface area contributed by atoms with Gasteiger partial charge in [-0.2, -0.15) is 0 Å². The van der Waals surface area contributed by atoms with Crippen LogP contribution in [0.4, 0.5) is 0 Å². The molecule has 0 saturated carbocycles. The summed E-state index contributed by atoms with van der Waals surface area (Å²) in [5.41, 5.74) is 9.09. The summed E-state index contributed by atoms with van der Waals surface area (Å²) >= 11 is 0. The van der Waals surface area contributed by atoms with E-state index < -0.39 is 30.0 Å². The first-order valence-corrected chi connectivity index (χ1v) is 30.0. The Morgan fingerprint density at radius 1 is 0.236 bits per heavy atom.